The van der Waals surface area contributed by atoms with Crippen LogP contribution in [0.25, 0.3) is 0 Å². The molecule has 50 heavy (non-hydrogen) atoms. The minimum absolute atomic E-state index is 0. The van der Waals surface area contributed by atoms with E-state index in [2.05, 4.69) is 182 Å². The lowest BCUT2D eigenvalue weighted by Crippen LogP contribution is -3.00. The van der Waals surface area contributed by atoms with E-state index in [9.17, 15) is 0 Å². The molecule has 0 heterocycles. The molecule has 0 saturated heterocycles. The van der Waals surface area contributed by atoms with Crippen molar-refractivity contribution in [1.29, 1.82) is 0 Å². The van der Waals surface area contributed by atoms with Crippen LogP contribution in [-0.2, 0) is 0 Å². The van der Waals surface area contributed by atoms with Gasteiger partial charge in [0.05, 0.1) is 12.3 Å². The van der Waals surface area contributed by atoms with Crippen LogP contribution in [0.1, 0.15) is 51.4 Å². The molecule has 0 unspecified atom stereocenters. The summed E-state index contributed by atoms with van der Waals surface area (Å²) in [4.78, 5) is 0. The highest BCUT2D eigenvalue weighted by Gasteiger charge is 2.45. The minimum Gasteiger partial charge on any atom is -1.00 e. The van der Waals surface area contributed by atoms with Crippen molar-refractivity contribution in [1.82, 2.24) is 0 Å². The predicted molar refractivity (Wildman–Crippen MR) is 217 cm³/mol. The van der Waals surface area contributed by atoms with Gasteiger partial charge in [-0.1, -0.05) is 135 Å². The van der Waals surface area contributed by atoms with Gasteiger partial charge in [-0.05, 0) is 98.5 Å². The summed E-state index contributed by atoms with van der Waals surface area (Å²) in [5, 5.41) is 9.02. The molecule has 0 aliphatic carbocycles. The maximum atomic E-state index is 2.37. The maximum absolute atomic E-state index is 2.37. The van der Waals surface area contributed by atoms with Crippen molar-refractivity contribution in [3.05, 3.63) is 182 Å². The summed E-state index contributed by atoms with van der Waals surface area (Å²) in [6, 6.07) is 68.1. The summed E-state index contributed by atoms with van der Waals surface area (Å²) < 4.78 is 0. The molecule has 0 aliphatic rings. The molecule has 0 spiro atoms. The van der Waals surface area contributed by atoms with Gasteiger partial charge in [-0.15, -0.1) is 0 Å². The van der Waals surface area contributed by atoms with E-state index in [1.807, 2.05) is 0 Å². The molecule has 6 rings (SSSR count). The number of unbranched alkanes of at least 4 members (excludes halogenated alkanes) is 7. The van der Waals surface area contributed by atoms with Crippen LogP contribution in [0.3, 0.4) is 0 Å². The molecule has 0 bridgehead atoms. The van der Waals surface area contributed by atoms with Crippen molar-refractivity contribution in [2.75, 3.05) is 12.3 Å². The van der Waals surface area contributed by atoms with Gasteiger partial charge < -0.3 is 34.0 Å². The molecule has 6 aromatic rings. The van der Waals surface area contributed by atoms with Gasteiger partial charge in [0, 0.05) is 0 Å². The van der Waals surface area contributed by atoms with Crippen molar-refractivity contribution >= 4 is 46.4 Å². The van der Waals surface area contributed by atoms with Gasteiger partial charge in [-0.3, -0.25) is 0 Å². The molecule has 0 aromatic heterocycles. The van der Waals surface area contributed by atoms with Crippen LogP contribution in [0.4, 0.5) is 0 Å². The highest BCUT2D eigenvalue weighted by molar-refractivity contribution is 7.96. The fourth-order valence-corrected chi connectivity index (χ4v) is 16.3. The van der Waals surface area contributed by atoms with E-state index in [0.29, 0.717) is 0 Å². The second-order valence-electron chi connectivity index (χ2n) is 12.9. The summed E-state index contributed by atoms with van der Waals surface area (Å²) in [6.07, 6.45) is 12.9. The monoisotopic (exact) mass is 822 g/mol. The van der Waals surface area contributed by atoms with Gasteiger partial charge in [-0.2, -0.15) is 0 Å². The Morgan fingerprint density at radius 3 is 0.560 bits per heavy atom. The Labute approximate surface area is 324 Å². The Morgan fingerprint density at radius 1 is 0.220 bits per heavy atom. The van der Waals surface area contributed by atoms with E-state index in [0.717, 1.165) is 0 Å². The highest BCUT2D eigenvalue weighted by atomic mass is 79.9. The second-order valence-corrected chi connectivity index (χ2v) is 20.1. The molecule has 0 radical (unpaired) electrons. The average Bonchev–Trinajstić information content (AvgIpc) is 3.18. The Balaban J connectivity index is 0.00000281. The molecule has 0 N–H and O–H groups in total. The molecule has 0 amide bonds. The number of halogens is 2. The molecule has 0 atom stereocenters. The standard InChI is InChI=1S/C46H50P2.2BrH/c1(3-5-25-39-47(41-27-13-7-14-28-41,42-29-15-8-16-30-42)43-31-17-9-18-32-43)2-4-6-26-40-48(44-33-19-10-20-34-44,45-35-21-11-22-36-45)46-37-23-12-24-38-46;;/h7-24,27-38H,1-6,25-26,39-40H2;2*1H/q+2;;/p-2. The van der Waals surface area contributed by atoms with E-state index in [1.165, 1.54) is 95.5 Å². The van der Waals surface area contributed by atoms with Crippen molar-refractivity contribution in [3.63, 3.8) is 0 Å². The van der Waals surface area contributed by atoms with Gasteiger partial charge >= 0.3 is 0 Å². The molecular weight excluding hydrogens is 774 g/mol. The van der Waals surface area contributed by atoms with Crippen LogP contribution < -0.4 is 65.8 Å². The second kappa shape index (κ2) is 20.9. The Morgan fingerprint density at radius 2 is 0.380 bits per heavy atom. The van der Waals surface area contributed by atoms with Crippen LogP contribution in [0.2, 0.25) is 0 Å². The maximum Gasteiger partial charge on any atom is 0.112 e. The zero-order chi connectivity index (χ0) is 32.7. The van der Waals surface area contributed by atoms with Crippen molar-refractivity contribution in [3.8, 4) is 0 Å². The molecule has 4 heteroatoms. The fraction of sp³-hybridized carbons (Fsp3) is 0.217. The van der Waals surface area contributed by atoms with E-state index in [1.54, 1.807) is 0 Å². The first-order valence-electron chi connectivity index (χ1n) is 17.9. The van der Waals surface area contributed by atoms with Crippen molar-refractivity contribution in [2.24, 2.45) is 0 Å². The summed E-state index contributed by atoms with van der Waals surface area (Å²) in [5.74, 6) is 0. The van der Waals surface area contributed by atoms with Crippen LogP contribution in [0.15, 0.2) is 182 Å². The SMILES string of the molecule is [Br-].[Br-].c1ccc([P+](CCCCCCCCCC[P+](c2ccccc2)(c2ccccc2)c2ccccc2)(c2ccccc2)c2ccccc2)cc1. The zero-order valence-corrected chi connectivity index (χ0v) is 34.0. The van der Waals surface area contributed by atoms with E-state index >= 15 is 0 Å². The van der Waals surface area contributed by atoms with Gasteiger partial charge in [0.2, 0.25) is 0 Å². The Kier molecular flexibility index (Phi) is 16.7. The number of hydrogen-bond acceptors (Lipinski definition) is 0. The number of rotatable bonds is 17. The van der Waals surface area contributed by atoms with E-state index < -0.39 is 14.5 Å². The first-order chi connectivity index (χ1) is 23.8. The first-order valence-corrected chi connectivity index (χ1v) is 21.9. The van der Waals surface area contributed by atoms with Gasteiger partial charge in [0.1, 0.15) is 46.4 Å². The summed E-state index contributed by atoms with van der Waals surface area (Å²) in [6.45, 7) is 0. The van der Waals surface area contributed by atoms with Crippen LogP contribution in [-0.4, -0.2) is 12.3 Å². The molecule has 258 valence electrons. The topological polar surface area (TPSA) is 0 Å². The zero-order valence-electron chi connectivity index (χ0n) is 29.0. The smallest absolute Gasteiger partial charge is 0.112 e. The lowest BCUT2D eigenvalue weighted by molar-refractivity contribution is -0.001000. The molecule has 0 nitrogen and oxygen atoms in total. The highest BCUT2D eigenvalue weighted by Crippen LogP contribution is 2.57. The largest absolute Gasteiger partial charge is 1.00 e. The summed E-state index contributed by atoms with van der Waals surface area (Å²) in [7, 11) is -3.43. The third-order valence-electron chi connectivity index (χ3n) is 9.92. The fourth-order valence-electron chi connectivity index (χ4n) is 7.52. The third-order valence-corrected chi connectivity index (χ3v) is 19.0. The molecular formula is C46H50Br2P2. The predicted octanol–water partition coefficient (Wildman–Crippen LogP) is 4.10. The first kappa shape index (κ1) is 39.9. The van der Waals surface area contributed by atoms with Crippen molar-refractivity contribution in [2.45, 2.75) is 51.4 Å². The summed E-state index contributed by atoms with van der Waals surface area (Å²) >= 11 is 0. The molecule has 0 saturated carbocycles. The Bertz CT molecular complexity index is 1420. The summed E-state index contributed by atoms with van der Waals surface area (Å²) in [5.41, 5.74) is 0. The van der Waals surface area contributed by atoms with Gasteiger partial charge in [-0.25, -0.2) is 0 Å². The van der Waals surface area contributed by atoms with Crippen molar-refractivity contribution < 1.29 is 34.0 Å². The average molecular weight is 825 g/mol. The van der Waals surface area contributed by atoms with E-state index in [-0.39, 0.29) is 34.0 Å². The number of hydrogen-bond donors (Lipinski definition) is 0. The van der Waals surface area contributed by atoms with E-state index in [4.69, 9.17) is 0 Å². The minimum atomic E-state index is -1.71. The lowest BCUT2D eigenvalue weighted by Gasteiger charge is -2.28. The van der Waals surface area contributed by atoms with Gasteiger partial charge in [0.15, 0.2) is 0 Å². The van der Waals surface area contributed by atoms with Crippen LogP contribution >= 0.6 is 14.5 Å². The lowest BCUT2D eigenvalue weighted by atomic mass is 10.1. The van der Waals surface area contributed by atoms with Gasteiger partial charge in [0.25, 0.3) is 0 Å². The normalized spacial score (nSPS) is 11.3. The molecule has 0 fully saturated rings. The number of benzene rings is 6. The van der Waals surface area contributed by atoms with Crippen LogP contribution in [0.5, 0.6) is 0 Å². The molecule has 6 aromatic carbocycles. The quantitative estimate of drug-likeness (QED) is 0.0962. The molecule has 0 aliphatic heterocycles. The van der Waals surface area contributed by atoms with Crippen LogP contribution in [0, 0.1) is 0 Å². The third kappa shape index (κ3) is 9.52. The Hall–Kier alpha value is -2.86.